The lowest BCUT2D eigenvalue weighted by atomic mass is 9.70. The molecular weight excluding hydrogens is 684 g/mol. The Labute approximate surface area is 298 Å². The van der Waals surface area contributed by atoms with E-state index in [0.717, 1.165) is 0 Å². The second-order valence-corrected chi connectivity index (χ2v) is 12.5. The standard InChI is InChI=1S/C36H42N2O14/c1-45-21-11-9-20(10-12-21)36-28(19-7-5-4-6-8-19)27(31(42)38-13-14-48-34(37)43)30(41)35(36,44)29-24(46-2)15-22(16-25(29)52-36)50-33-32(47-3)49-18-26(51-33)23(40)17-39/h4-12,15-16,23,26-28,30,32-33,39-41,44H,13-14,17-18H2,1-3H3,(H2,37,43)(H,38,42)/t23-,26-,27-,28-,30-,32-,33-,35+,36+/m1/s1. The van der Waals surface area contributed by atoms with Gasteiger partial charge in [-0.3, -0.25) is 4.79 Å². The van der Waals surface area contributed by atoms with Crippen molar-refractivity contribution in [2.24, 2.45) is 11.7 Å². The molecule has 2 heterocycles. The predicted molar refractivity (Wildman–Crippen MR) is 179 cm³/mol. The molecule has 52 heavy (non-hydrogen) atoms. The van der Waals surface area contributed by atoms with Crippen LogP contribution < -0.4 is 30.0 Å². The average Bonchev–Trinajstić information content (AvgIpc) is 3.54. The summed E-state index contributed by atoms with van der Waals surface area (Å²) in [7, 11) is 4.26. The van der Waals surface area contributed by atoms with Crippen molar-refractivity contribution in [1.29, 1.82) is 0 Å². The summed E-state index contributed by atoms with van der Waals surface area (Å²) in [5, 5.41) is 47.9. The minimum absolute atomic E-state index is 0.0461. The molecule has 1 saturated heterocycles. The number of aliphatic hydroxyl groups excluding tert-OH is 3. The van der Waals surface area contributed by atoms with Gasteiger partial charge < -0.3 is 69.4 Å². The molecule has 3 aromatic carbocycles. The topological polar surface area (TPSA) is 227 Å². The van der Waals surface area contributed by atoms with Gasteiger partial charge in [-0.15, -0.1) is 0 Å². The second kappa shape index (κ2) is 15.1. The van der Waals surface area contributed by atoms with Gasteiger partial charge in [0.15, 0.2) is 11.2 Å². The van der Waals surface area contributed by atoms with Crippen molar-refractivity contribution in [3.05, 3.63) is 83.4 Å². The van der Waals surface area contributed by atoms with E-state index in [1.807, 2.05) is 0 Å². The zero-order valence-electron chi connectivity index (χ0n) is 28.7. The average molecular weight is 727 g/mol. The largest absolute Gasteiger partial charge is 0.497 e. The Morgan fingerprint density at radius 1 is 1.02 bits per heavy atom. The van der Waals surface area contributed by atoms with Gasteiger partial charge in [0.25, 0.3) is 6.29 Å². The molecule has 2 aliphatic heterocycles. The lowest BCUT2D eigenvalue weighted by molar-refractivity contribution is -0.324. The number of primary amides is 1. The van der Waals surface area contributed by atoms with Crippen molar-refractivity contribution < 1.29 is 67.9 Å². The van der Waals surface area contributed by atoms with Crippen molar-refractivity contribution in [1.82, 2.24) is 5.32 Å². The fourth-order valence-electron chi connectivity index (χ4n) is 7.45. The first kappa shape index (κ1) is 37.1. The van der Waals surface area contributed by atoms with E-state index >= 15 is 0 Å². The highest BCUT2D eigenvalue weighted by atomic mass is 16.8. The van der Waals surface area contributed by atoms with E-state index in [2.05, 4.69) is 5.32 Å². The molecule has 0 spiro atoms. The molecule has 7 N–H and O–H groups in total. The fourth-order valence-corrected chi connectivity index (χ4v) is 7.45. The first-order chi connectivity index (χ1) is 25.0. The molecule has 1 aliphatic carbocycles. The van der Waals surface area contributed by atoms with Crippen LogP contribution in [0, 0.1) is 5.92 Å². The van der Waals surface area contributed by atoms with Crippen molar-refractivity contribution in [2.45, 2.75) is 48.0 Å². The number of benzene rings is 3. The number of carbonyl (C=O) groups excluding carboxylic acids is 2. The Morgan fingerprint density at radius 2 is 1.75 bits per heavy atom. The van der Waals surface area contributed by atoms with E-state index in [9.17, 15) is 30.0 Å². The Bertz CT molecular complexity index is 1730. The molecule has 0 aromatic heterocycles. The number of aliphatic hydroxyl groups is 4. The molecule has 16 nitrogen and oxygen atoms in total. The minimum Gasteiger partial charge on any atom is -0.497 e. The van der Waals surface area contributed by atoms with E-state index in [0.29, 0.717) is 16.9 Å². The monoisotopic (exact) mass is 726 g/mol. The molecule has 2 fully saturated rings. The smallest absolute Gasteiger partial charge is 0.404 e. The normalized spacial score (nSPS) is 29.6. The van der Waals surface area contributed by atoms with Gasteiger partial charge in [0.1, 0.15) is 47.9 Å². The molecule has 16 heteroatoms. The minimum atomic E-state index is -2.33. The maximum atomic E-state index is 14.1. The highest BCUT2D eigenvalue weighted by Crippen LogP contribution is 2.70. The first-order valence-electron chi connectivity index (χ1n) is 16.5. The van der Waals surface area contributed by atoms with E-state index in [1.54, 1.807) is 54.6 Å². The van der Waals surface area contributed by atoms with Gasteiger partial charge in [-0.1, -0.05) is 42.5 Å². The van der Waals surface area contributed by atoms with Crippen LogP contribution in [0.5, 0.6) is 23.0 Å². The van der Waals surface area contributed by atoms with Crippen LogP contribution in [-0.2, 0) is 34.9 Å². The number of amides is 2. The molecular formula is C36H42N2O14. The zero-order valence-corrected chi connectivity index (χ0v) is 28.7. The quantitative estimate of drug-likeness (QED) is 0.133. The van der Waals surface area contributed by atoms with E-state index < -0.39 is 72.5 Å². The summed E-state index contributed by atoms with van der Waals surface area (Å²) in [5.41, 5.74) is 1.90. The SMILES string of the molecule is COc1ccc([C@@]23Oc4cc(O[C@@H]5O[C@@H]([C@H](O)CO)CO[C@H]5OC)cc(OC)c4[C@]2(O)[C@H](O)[C@H](C(=O)NCCOC(N)=O)[C@H]3c2ccccc2)cc1. The van der Waals surface area contributed by atoms with Crippen molar-refractivity contribution in [3.63, 3.8) is 0 Å². The van der Waals surface area contributed by atoms with Crippen LogP contribution in [0.2, 0.25) is 0 Å². The van der Waals surface area contributed by atoms with Crippen LogP contribution in [0.15, 0.2) is 66.7 Å². The number of hydrogen-bond donors (Lipinski definition) is 6. The summed E-state index contributed by atoms with van der Waals surface area (Å²) in [6.45, 7) is -0.980. The number of ether oxygens (including phenoxy) is 8. The third-order valence-corrected chi connectivity index (χ3v) is 9.73. The number of nitrogens with two attached hydrogens (primary N) is 1. The molecule has 1 saturated carbocycles. The van der Waals surface area contributed by atoms with Crippen LogP contribution in [-0.4, -0.2) is 111 Å². The van der Waals surface area contributed by atoms with Gasteiger partial charge in [-0.05, 0) is 23.3 Å². The molecule has 280 valence electrons. The van der Waals surface area contributed by atoms with Gasteiger partial charge in [-0.25, -0.2) is 4.79 Å². The third-order valence-electron chi connectivity index (χ3n) is 9.73. The Balaban J connectivity index is 1.49. The van der Waals surface area contributed by atoms with Crippen LogP contribution in [0.3, 0.4) is 0 Å². The maximum Gasteiger partial charge on any atom is 0.404 e. The number of hydrogen-bond acceptors (Lipinski definition) is 14. The van der Waals surface area contributed by atoms with E-state index in [-0.39, 0.29) is 42.6 Å². The van der Waals surface area contributed by atoms with Crippen molar-refractivity contribution in [3.8, 4) is 23.0 Å². The summed E-state index contributed by atoms with van der Waals surface area (Å²) in [6, 6.07) is 18.5. The summed E-state index contributed by atoms with van der Waals surface area (Å²) in [5.74, 6) is -2.25. The van der Waals surface area contributed by atoms with Crippen molar-refractivity contribution in [2.75, 3.05) is 47.7 Å². The number of methoxy groups -OCH3 is 3. The number of carbonyl (C=O) groups is 2. The van der Waals surface area contributed by atoms with Crippen LogP contribution >= 0.6 is 0 Å². The Morgan fingerprint density at radius 3 is 2.38 bits per heavy atom. The van der Waals surface area contributed by atoms with E-state index in [4.69, 9.17) is 43.6 Å². The molecule has 0 radical (unpaired) electrons. The summed E-state index contributed by atoms with van der Waals surface area (Å²) >= 11 is 0. The molecule has 2 amide bonds. The number of rotatable bonds is 13. The molecule has 9 atom stereocenters. The number of fused-ring (bicyclic) bond motifs is 3. The predicted octanol–water partition coefficient (Wildman–Crippen LogP) is 0.611. The van der Waals surface area contributed by atoms with Gasteiger partial charge in [0.2, 0.25) is 12.2 Å². The second-order valence-electron chi connectivity index (χ2n) is 12.5. The molecule has 0 bridgehead atoms. The Hall–Kier alpha value is -4.68. The highest BCUT2D eigenvalue weighted by molar-refractivity contribution is 5.83. The maximum absolute atomic E-state index is 14.1. The summed E-state index contributed by atoms with van der Waals surface area (Å²) in [4.78, 5) is 25.2. The number of nitrogens with one attached hydrogen (secondary N) is 1. The third kappa shape index (κ3) is 6.25. The van der Waals surface area contributed by atoms with Crippen LogP contribution in [0.1, 0.15) is 22.6 Å². The first-order valence-corrected chi connectivity index (χ1v) is 16.5. The van der Waals surface area contributed by atoms with Crippen LogP contribution in [0.4, 0.5) is 4.79 Å². The molecule has 3 aliphatic rings. The van der Waals surface area contributed by atoms with Crippen LogP contribution in [0.25, 0.3) is 0 Å². The van der Waals surface area contributed by atoms with Gasteiger partial charge >= 0.3 is 6.09 Å². The van der Waals surface area contributed by atoms with E-state index in [1.165, 1.54) is 33.5 Å². The lowest BCUT2D eigenvalue weighted by Crippen LogP contribution is -2.52. The highest BCUT2D eigenvalue weighted by Gasteiger charge is 2.78. The van der Waals surface area contributed by atoms with Gasteiger partial charge in [0, 0.05) is 25.2 Å². The zero-order chi connectivity index (χ0) is 37.2. The summed E-state index contributed by atoms with van der Waals surface area (Å²) in [6.07, 6.45) is -7.23. The Kier molecular flexibility index (Phi) is 10.8. The fraction of sp³-hybridized carbons (Fsp3) is 0.444. The van der Waals surface area contributed by atoms with Gasteiger partial charge in [0.05, 0.1) is 45.5 Å². The molecule has 6 rings (SSSR count). The lowest BCUT2D eigenvalue weighted by Gasteiger charge is -2.40. The van der Waals surface area contributed by atoms with Crippen molar-refractivity contribution >= 4 is 12.0 Å². The molecule has 3 aromatic rings. The van der Waals surface area contributed by atoms with Gasteiger partial charge in [-0.2, -0.15) is 0 Å². The molecule has 0 unspecified atom stereocenters. The summed E-state index contributed by atoms with van der Waals surface area (Å²) < 4.78 is 46.0.